The molecule has 1 fully saturated rings. The lowest BCUT2D eigenvalue weighted by molar-refractivity contribution is 0.101. The van der Waals surface area contributed by atoms with Crippen molar-refractivity contribution in [3.63, 3.8) is 0 Å². The van der Waals surface area contributed by atoms with Gasteiger partial charge in [-0.1, -0.05) is 12.1 Å². The van der Waals surface area contributed by atoms with Gasteiger partial charge in [-0.3, -0.25) is 4.79 Å². The molecule has 1 heterocycles. The number of anilines is 1. The van der Waals surface area contributed by atoms with Gasteiger partial charge >= 0.3 is 0 Å². The third-order valence-electron chi connectivity index (χ3n) is 2.74. The van der Waals surface area contributed by atoms with E-state index in [9.17, 15) is 4.79 Å². The van der Waals surface area contributed by atoms with Gasteiger partial charge < -0.3 is 10.2 Å². The van der Waals surface area contributed by atoms with Crippen LogP contribution in [0.2, 0.25) is 0 Å². The van der Waals surface area contributed by atoms with Crippen molar-refractivity contribution >= 4 is 11.5 Å². The molecule has 0 amide bonds. The molecule has 1 aliphatic rings. The Bertz CT molecular complexity index is 356. The second-order valence-corrected chi connectivity index (χ2v) is 3.81. The fourth-order valence-electron chi connectivity index (χ4n) is 1.95. The molecule has 1 saturated heterocycles. The number of nitrogens with one attached hydrogen (secondary N) is 1. The Morgan fingerprint density at radius 2 is 1.93 bits per heavy atom. The number of hydrogen-bond donors (Lipinski definition) is 1. The van der Waals surface area contributed by atoms with Gasteiger partial charge in [0.25, 0.3) is 0 Å². The van der Waals surface area contributed by atoms with Crippen molar-refractivity contribution in [2.24, 2.45) is 0 Å². The summed E-state index contributed by atoms with van der Waals surface area (Å²) >= 11 is 0. The highest BCUT2D eigenvalue weighted by atomic mass is 16.1. The zero-order valence-corrected chi connectivity index (χ0v) is 8.99. The van der Waals surface area contributed by atoms with Crippen LogP contribution in [-0.4, -0.2) is 32.0 Å². The van der Waals surface area contributed by atoms with E-state index in [0.717, 1.165) is 37.4 Å². The van der Waals surface area contributed by atoms with Crippen LogP contribution in [0.3, 0.4) is 0 Å². The molecule has 15 heavy (non-hydrogen) atoms. The van der Waals surface area contributed by atoms with Gasteiger partial charge in [0.15, 0.2) is 5.78 Å². The Morgan fingerprint density at radius 1 is 1.27 bits per heavy atom. The van der Waals surface area contributed by atoms with Gasteiger partial charge in [0, 0.05) is 37.4 Å². The van der Waals surface area contributed by atoms with Gasteiger partial charge in [0.2, 0.25) is 0 Å². The van der Waals surface area contributed by atoms with Crippen LogP contribution in [-0.2, 0) is 0 Å². The zero-order valence-electron chi connectivity index (χ0n) is 8.99. The summed E-state index contributed by atoms with van der Waals surface area (Å²) in [5.41, 5.74) is 1.91. The maximum atomic E-state index is 11.5. The molecule has 3 heteroatoms. The summed E-state index contributed by atoms with van der Waals surface area (Å²) in [6.45, 7) is 5.56. The first-order valence-corrected chi connectivity index (χ1v) is 5.34. The Kier molecular flexibility index (Phi) is 3.02. The van der Waals surface area contributed by atoms with Crippen molar-refractivity contribution in [1.29, 1.82) is 0 Å². The summed E-state index contributed by atoms with van der Waals surface area (Å²) in [7, 11) is 0. The van der Waals surface area contributed by atoms with Crippen molar-refractivity contribution in [2.75, 3.05) is 31.1 Å². The molecule has 1 aliphatic heterocycles. The van der Waals surface area contributed by atoms with Gasteiger partial charge in [-0.2, -0.15) is 0 Å². The molecule has 0 aliphatic carbocycles. The molecule has 0 bridgehead atoms. The number of Topliss-reactive ketones (excluding diaryl/α,β-unsaturated/α-hetero) is 1. The van der Waals surface area contributed by atoms with E-state index in [4.69, 9.17) is 0 Å². The first-order chi connectivity index (χ1) is 7.29. The molecule has 80 valence electrons. The van der Waals surface area contributed by atoms with Gasteiger partial charge in [0.05, 0.1) is 0 Å². The molecule has 1 aromatic rings. The molecule has 0 saturated carbocycles. The molecular formula is C12H16N2O. The standard InChI is InChI=1S/C12H16N2O/c1-10(15)11-4-2-3-5-12(11)14-8-6-13-7-9-14/h2-5,13H,6-9H2,1H3. The second kappa shape index (κ2) is 4.45. The van der Waals surface area contributed by atoms with Gasteiger partial charge in [0.1, 0.15) is 0 Å². The molecule has 0 radical (unpaired) electrons. The molecule has 0 aromatic heterocycles. The normalized spacial score (nSPS) is 16.5. The minimum absolute atomic E-state index is 0.143. The quantitative estimate of drug-likeness (QED) is 0.737. The largest absolute Gasteiger partial charge is 0.368 e. The molecule has 0 atom stereocenters. The fraction of sp³-hybridized carbons (Fsp3) is 0.417. The van der Waals surface area contributed by atoms with Crippen LogP contribution in [0, 0.1) is 0 Å². The molecular weight excluding hydrogens is 188 g/mol. The van der Waals surface area contributed by atoms with Crippen LogP contribution in [0.25, 0.3) is 0 Å². The first kappa shape index (κ1) is 10.2. The number of hydrogen-bond acceptors (Lipinski definition) is 3. The van der Waals surface area contributed by atoms with Crippen LogP contribution in [0.4, 0.5) is 5.69 Å². The van der Waals surface area contributed by atoms with Crippen LogP contribution < -0.4 is 10.2 Å². The Labute approximate surface area is 90.1 Å². The molecule has 1 N–H and O–H groups in total. The molecule has 1 aromatic carbocycles. The topological polar surface area (TPSA) is 32.3 Å². The number of carbonyl (C=O) groups excluding carboxylic acids is 1. The van der Waals surface area contributed by atoms with Crippen molar-refractivity contribution in [2.45, 2.75) is 6.92 Å². The summed E-state index contributed by atoms with van der Waals surface area (Å²) in [6.07, 6.45) is 0. The van der Waals surface area contributed by atoms with Crippen LogP contribution >= 0.6 is 0 Å². The SMILES string of the molecule is CC(=O)c1ccccc1N1CCNCC1. The highest BCUT2D eigenvalue weighted by Crippen LogP contribution is 2.20. The zero-order chi connectivity index (χ0) is 10.7. The average Bonchev–Trinajstić information content (AvgIpc) is 2.30. The summed E-state index contributed by atoms with van der Waals surface area (Å²) in [5, 5.41) is 3.31. The van der Waals surface area contributed by atoms with E-state index in [1.165, 1.54) is 0 Å². The molecule has 0 unspecified atom stereocenters. The highest BCUT2D eigenvalue weighted by molar-refractivity contribution is 5.99. The maximum Gasteiger partial charge on any atom is 0.161 e. The Balaban J connectivity index is 2.29. The van der Waals surface area contributed by atoms with E-state index in [0.29, 0.717) is 0 Å². The molecule has 2 rings (SSSR count). The number of rotatable bonds is 2. The van der Waals surface area contributed by atoms with Gasteiger partial charge in [-0.25, -0.2) is 0 Å². The number of carbonyl (C=O) groups is 1. The lowest BCUT2D eigenvalue weighted by Gasteiger charge is -2.30. The number of ketones is 1. The van der Waals surface area contributed by atoms with Crippen LogP contribution in [0.15, 0.2) is 24.3 Å². The highest BCUT2D eigenvalue weighted by Gasteiger charge is 2.15. The van der Waals surface area contributed by atoms with Crippen LogP contribution in [0.5, 0.6) is 0 Å². The lowest BCUT2D eigenvalue weighted by atomic mass is 10.1. The predicted octanol–water partition coefficient (Wildman–Crippen LogP) is 1.30. The second-order valence-electron chi connectivity index (χ2n) is 3.81. The van der Waals surface area contributed by atoms with E-state index < -0.39 is 0 Å². The van der Waals surface area contributed by atoms with Crippen molar-refractivity contribution in [3.05, 3.63) is 29.8 Å². The third kappa shape index (κ3) is 2.18. The first-order valence-electron chi connectivity index (χ1n) is 5.34. The van der Waals surface area contributed by atoms with E-state index in [2.05, 4.69) is 10.2 Å². The van der Waals surface area contributed by atoms with E-state index in [1.807, 2.05) is 24.3 Å². The number of benzene rings is 1. The minimum Gasteiger partial charge on any atom is -0.368 e. The predicted molar refractivity (Wildman–Crippen MR) is 61.5 cm³/mol. The fourth-order valence-corrected chi connectivity index (χ4v) is 1.95. The monoisotopic (exact) mass is 204 g/mol. The van der Waals surface area contributed by atoms with Crippen LogP contribution in [0.1, 0.15) is 17.3 Å². The molecule has 3 nitrogen and oxygen atoms in total. The van der Waals surface area contributed by atoms with Crippen molar-refractivity contribution in [3.8, 4) is 0 Å². The van der Waals surface area contributed by atoms with Gasteiger partial charge in [-0.15, -0.1) is 0 Å². The summed E-state index contributed by atoms with van der Waals surface area (Å²) in [6, 6.07) is 7.84. The minimum atomic E-state index is 0.143. The number of nitrogens with zero attached hydrogens (tertiary/aromatic N) is 1. The lowest BCUT2D eigenvalue weighted by Crippen LogP contribution is -2.44. The average molecular weight is 204 g/mol. The van der Waals surface area contributed by atoms with Crippen molar-refractivity contribution < 1.29 is 4.79 Å². The van der Waals surface area contributed by atoms with E-state index in [-0.39, 0.29) is 5.78 Å². The Hall–Kier alpha value is -1.35. The van der Waals surface area contributed by atoms with Crippen molar-refractivity contribution in [1.82, 2.24) is 5.32 Å². The van der Waals surface area contributed by atoms with E-state index >= 15 is 0 Å². The van der Waals surface area contributed by atoms with E-state index in [1.54, 1.807) is 6.92 Å². The number of piperazine rings is 1. The third-order valence-corrected chi connectivity index (χ3v) is 2.74. The summed E-state index contributed by atoms with van der Waals surface area (Å²) in [5.74, 6) is 0.143. The summed E-state index contributed by atoms with van der Waals surface area (Å²) in [4.78, 5) is 13.7. The smallest absolute Gasteiger partial charge is 0.161 e. The van der Waals surface area contributed by atoms with Gasteiger partial charge in [-0.05, 0) is 19.1 Å². The number of para-hydroxylation sites is 1. The summed E-state index contributed by atoms with van der Waals surface area (Å²) < 4.78 is 0. The molecule has 0 spiro atoms. The Morgan fingerprint density at radius 3 is 2.60 bits per heavy atom. The maximum absolute atomic E-state index is 11.5.